The van der Waals surface area contributed by atoms with Gasteiger partial charge in [0, 0.05) is 11.4 Å². The van der Waals surface area contributed by atoms with E-state index in [2.05, 4.69) is 36.4 Å². The zero-order valence-electron chi connectivity index (χ0n) is 14.7. The minimum absolute atomic E-state index is 0.238. The van der Waals surface area contributed by atoms with Gasteiger partial charge in [-0.15, -0.1) is 0 Å². The van der Waals surface area contributed by atoms with Crippen LogP contribution in [0.25, 0.3) is 0 Å². The zero-order chi connectivity index (χ0) is 19.1. The molecule has 3 N–H and O–H groups in total. The highest BCUT2D eigenvalue weighted by atomic mass is 79.9. The Morgan fingerprint density at radius 2 is 1.96 bits per heavy atom. The molecule has 0 radical (unpaired) electrons. The van der Waals surface area contributed by atoms with Crippen molar-refractivity contribution in [1.29, 1.82) is 0 Å². The average molecular weight is 422 g/mol. The van der Waals surface area contributed by atoms with Crippen LogP contribution in [-0.4, -0.2) is 35.3 Å². The predicted octanol–water partition coefficient (Wildman–Crippen LogP) is 2.56. The van der Waals surface area contributed by atoms with E-state index in [9.17, 15) is 4.79 Å². The third-order valence-corrected chi connectivity index (χ3v) is 3.64. The van der Waals surface area contributed by atoms with Gasteiger partial charge in [-0.1, -0.05) is 0 Å². The molecule has 0 unspecified atom stereocenters. The molecule has 0 saturated carbocycles. The summed E-state index contributed by atoms with van der Waals surface area (Å²) in [5, 5.41) is 4.15. The molecule has 26 heavy (non-hydrogen) atoms. The van der Waals surface area contributed by atoms with E-state index in [0.29, 0.717) is 28.5 Å². The van der Waals surface area contributed by atoms with Crippen molar-refractivity contribution in [1.82, 2.24) is 9.97 Å². The maximum Gasteiger partial charge on any atom is 0.255 e. The fourth-order valence-corrected chi connectivity index (χ4v) is 2.72. The number of halogens is 1. The first kappa shape index (κ1) is 19.6. The summed E-state index contributed by atoms with van der Waals surface area (Å²) < 4.78 is 11.6. The fraction of sp³-hybridized carbons (Fsp3) is 0.294. The molecule has 0 aliphatic carbocycles. The summed E-state index contributed by atoms with van der Waals surface area (Å²) in [5.74, 6) is 0.743. The van der Waals surface area contributed by atoms with Crippen molar-refractivity contribution >= 4 is 34.0 Å². The van der Waals surface area contributed by atoms with Gasteiger partial charge in [0.05, 0.1) is 17.3 Å². The largest absolute Gasteiger partial charge is 0.490 e. The van der Waals surface area contributed by atoms with Gasteiger partial charge in [-0.25, -0.2) is 15.4 Å². The van der Waals surface area contributed by atoms with E-state index in [1.54, 1.807) is 18.3 Å². The molecule has 0 saturated heterocycles. The van der Waals surface area contributed by atoms with Gasteiger partial charge in [-0.3, -0.25) is 4.79 Å². The molecule has 1 aromatic carbocycles. The van der Waals surface area contributed by atoms with Gasteiger partial charge < -0.3 is 15.2 Å². The number of nitrogens with one attached hydrogen (secondary N) is 1. The Kier molecular flexibility index (Phi) is 6.90. The summed E-state index contributed by atoms with van der Waals surface area (Å²) in [7, 11) is 0. The smallest absolute Gasteiger partial charge is 0.255 e. The number of ether oxygens (including phenoxy) is 2. The van der Waals surface area contributed by atoms with Crippen LogP contribution in [0, 0.1) is 13.8 Å². The first-order chi connectivity index (χ1) is 12.4. The van der Waals surface area contributed by atoms with Gasteiger partial charge in [0.15, 0.2) is 18.1 Å². The molecule has 0 spiro atoms. The first-order valence-corrected chi connectivity index (χ1v) is 8.67. The monoisotopic (exact) mass is 421 g/mol. The Bertz CT molecular complexity index is 806. The van der Waals surface area contributed by atoms with E-state index in [-0.39, 0.29) is 6.61 Å². The van der Waals surface area contributed by atoms with Gasteiger partial charge in [0.25, 0.3) is 5.91 Å². The second kappa shape index (κ2) is 9.14. The van der Waals surface area contributed by atoms with E-state index >= 15 is 0 Å². The number of hydrogen-bond acceptors (Lipinski definition) is 7. The molecule has 0 bridgehead atoms. The van der Waals surface area contributed by atoms with Crippen LogP contribution in [0.5, 0.6) is 11.5 Å². The van der Waals surface area contributed by atoms with E-state index in [1.807, 2.05) is 26.8 Å². The Morgan fingerprint density at radius 3 is 2.58 bits per heavy atom. The number of carbonyl (C=O) groups is 1. The highest BCUT2D eigenvalue weighted by Gasteiger charge is 2.13. The van der Waals surface area contributed by atoms with E-state index in [0.717, 1.165) is 17.0 Å². The number of hydrazone groups is 1. The number of hydrogen-bond donors (Lipinski definition) is 2. The standard InChI is InChI=1S/C17H20BrN5O3/c1-4-25-14-7-12(6-13(18)16(14)26-9-15(19)24)8-20-23-17-21-10(2)5-11(3)22-17/h5-8H,4,9H2,1-3H3,(H2,19,24)(H,21,22,23)/b20-8+. The van der Waals surface area contributed by atoms with Gasteiger partial charge in [-0.05, 0) is 60.5 Å². The number of carbonyl (C=O) groups excluding carboxylic acids is 1. The molecule has 138 valence electrons. The lowest BCUT2D eigenvalue weighted by Gasteiger charge is -2.13. The lowest BCUT2D eigenvalue weighted by Crippen LogP contribution is -2.20. The van der Waals surface area contributed by atoms with Crippen LogP contribution in [0.4, 0.5) is 5.95 Å². The molecule has 9 heteroatoms. The molecule has 1 amide bonds. The molecule has 2 aromatic rings. The van der Waals surface area contributed by atoms with Gasteiger partial charge >= 0.3 is 0 Å². The highest BCUT2D eigenvalue weighted by Crippen LogP contribution is 2.36. The molecule has 0 aliphatic heterocycles. The summed E-state index contributed by atoms with van der Waals surface area (Å²) in [6.45, 7) is 5.83. The molecule has 1 heterocycles. The summed E-state index contributed by atoms with van der Waals surface area (Å²) in [6, 6.07) is 5.41. The lowest BCUT2D eigenvalue weighted by atomic mass is 10.2. The second-order valence-electron chi connectivity index (χ2n) is 5.36. The Hall–Kier alpha value is -2.68. The number of benzene rings is 1. The summed E-state index contributed by atoms with van der Waals surface area (Å²) in [4.78, 5) is 19.4. The van der Waals surface area contributed by atoms with Gasteiger partial charge in [-0.2, -0.15) is 5.10 Å². The van der Waals surface area contributed by atoms with E-state index < -0.39 is 5.91 Å². The van der Waals surface area contributed by atoms with E-state index in [4.69, 9.17) is 15.2 Å². The third-order valence-electron chi connectivity index (χ3n) is 3.05. The lowest BCUT2D eigenvalue weighted by molar-refractivity contribution is -0.119. The molecule has 0 atom stereocenters. The molecule has 8 nitrogen and oxygen atoms in total. The Labute approximate surface area is 159 Å². The minimum Gasteiger partial charge on any atom is -0.490 e. The van der Waals surface area contributed by atoms with Crippen molar-refractivity contribution < 1.29 is 14.3 Å². The van der Waals surface area contributed by atoms with Crippen LogP contribution in [0.15, 0.2) is 27.8 Å². The van der Waals surface area contributed by atoms with Crippen LogP contribution in [0.3, 0.4) is 0 Å². The summed E-state index contributed by atoms with van der Waals surface area (Å²) >= 11 is 3.41. The Morgan fingerprint density at radius 1 is 1.27 bits per heavy atom. The van der Waals surface area contributed by atoms with Crippen LogP contribution in [0.1, 0.15) is 23.9 Å². The van der Waals surface area contributed by atoms with Crippen LogP contribution in [-0.2, 0) is 4.79 Å². The normalized spacial score (nSPS) is 10.8. The van der Waals surface area contributed by atoms with E-state index in [1.165, 1.54) is 0 Å². The number of nitrogens with zero attached hydrogens (tertiary/aromatic N) is 3. The molecule has 0 fully saturated rings. The van der Waals surface area contributed by atoms with Crippen molar-refractivity contribution in [2.45, 2.75) is 20.8 Å². The van der Waals surface area contributed by atoms with Gasteiger partial charge in [0.2, 0.25) is 5.95 Å². The van der Waals surface area contributed by atoms with Crippen molar-refractivity contribution in [3.63, 3.8) is 0 Å². The van der Waals surface area contributed by atoms with Crippen molar-refractivity contribution in [2.75, 3.05) is 18.6 Å². The van der Waals surface area contributed by atoms with Gasteiger partial charge in [0.1, 0.15) is 0 Å². The maximum atomic E-state index is 10.9. The number of amides is 1. The topological polar surface area (TPSA) is 112 Å². The fourth-order valence-electron chi connectivity index (χ4n) is 2.15. The molecule has 2 rings (SSSR count). The number of aromatic nitrogens is 2. The number of anilines is 1. The quantitative estimate of drug-likeness (QED) is 0.500. The van der Waals surface area contributed by atoms with Crippen molar-refractivity contribution in [2.24, 2.45) is 10.8 Å². The van der Waals surface area contributed by atoms with Crippen molar-refractivity contribution in [3.8, 4) is 11.5 Å². The number of aryl methyl sites for hydroxylation is 2. The number of nitrogens with two attached hydrogens (primary N) is 1. The summed E-state index contributed by atoms with van der Waals surface area (Å²) in [5.41, 5.74) is 10.4. The molecule has 0 aliphatic rings. The highest BCUT2D eigenvalue weighted by molar-refractivity contribution is 9.10. The minimum atomic E-state index is -0.567. The van der Waals surface area contributed by atoms with Crippen molar-refractivity contribution in [3.05, 3.63) is 39.6 Å². The number of primary amides is 1. The SMILES string of the molecule is CCOc1cc(/C=N/Nc2nc(C)cc(C)n2)cc(Br)c1OCC(N)=O. The maximum absolute atomic E-state index is 10.9. The molecule has 1 aromatic heterocycles. The van der Waals surface area contributed by atoms with Crippen LogP contribution >= 0.6 is 15.9 Å². The third kappa shape index (κ3) is 5.69. The average Bonchev–Trinajstić information content (AvgIpc) is 2.53. The first-order valence-electron chi connectivity index (χ1n) is 7.87. The zero-order valence-corrected chi connectivity index (χ0v) is 16.3. The second-order valence-corrected chi connectivity index (χ2v) is 6.22. The van der Waals surface area contributed by atoms with Crippen LogP contribution in [0.2, 0.25) is 0 Å². The summed E-state index contributed by atoms with van der Waals surface area (Å²) in [6.07, 6.45) is 1.60. The Balaban J connectivity index is 2.19. The molecular formula is C17H20BrN5O3. The van der Waals surface area contributed by atoms with Crippen LogP contribution < -0.4 is 20.6 Å². The number of rotatable bonds is 8. The predicted molar refractivity (Wildman–Crippen MR) is 103 cm³/mol. The molecular weight excluding hydrogens is 402 g/mol.